The second-order valence-electron chi connectivity index (χ2n) is 4.65. The molecule has 1 fully saturated rings. The number of aromatic nitrogens is 1. The average molecular weight is 259 g/mol. The second-order valence-corrected chi connectivity index (χ2v) is 6.40. The standard InChI is InChI=1S/C12H19ClN2S/c1-9(13)11-3-5-15(6-4-11)7-12-8-16-10(2)14-12/h8-9,11H,3-7H2,1-2H3. The minimum absolute atomic E-state index is 0.323. The lowest BCUT2D eigenvalue weighted by molar-refractivity contribution is 0.175. The molecule has 1 aliphatic heterocycles. The van der Waals surface area contributed by atoms with Gasteiger partial charge >= 0.3 is 0 Å². The topological polar surface area (TPSA) is 16.1 Å². The number of hydrogen-bond donors (Lipinski definition) is 0. The van der Waals surface area contributed by atoms with E-state index in [0.717, 1.165) is 19.6 Å². The van der Waals surface area contributed by atoms with Crippen LogP contribution in [0.25, 0.3) is 0 Å². The molecule has 90 valence electrons. The highest BCUT2D eigenvalue weighted by atomic mass is 35.5. The Kier molecular flexibility index (Phi) is 4.22. The molecule has 0 spiro atoms. The van der Waals surface area contributed by atoms with Gasteiger partial charge in [-0.3, -0.25) is 4.90 Å². The van der Waals surface area contributed by atoms with Gasteiger partial charge in [0.05, 0.1) is 10.7 Å². The van der Waals surface area contributed by atoms with E-state index in [2.05, 4.69) is 29.1 Å². The normalized spacial score (nSPS) is 21.2. The minimum atomic E-state index is 0.323. The molecule has 1 atom stereocenters. The average Bonchev–Trinajstić information content (AvgIpc) is 2.65. The molecule has 1 unspecified atom stereocenters. The molecule has 1 saturated heterocycles. The molecule has 1 aromatic heterocycles. The minimum Gasteiger partial charge on any atom is -0.297 e. The van der Waals surface area contributed by atoms with Crippen LogP contribution in [0.2, 0.25) is 0 Å². The zero-order valence-electron chi connectivity index (χ0n) is 9.95. The molecule has 2 nitrogen and oxygen atoms in total. The van der Waals surface area contributed by atoms with Crippen molar-refractivity contribution in [2.75, 3.05) is 13.1 Å². The van der Waals surface area contributed by atoms with Crippen molar-refractivity contribution in [3.05, 3.63) is 16.1 Å². The summed E-state index contributed by atoms with van der Waals surface area (Å²) in [4.78, 5) is 7.00. The number of likely N-dealkylation sites (tertiary alicyclic amines) is 1. The fourth-order valence-electron chi connectivity index (χ4n) is 2.28. The molecular weight excluding hydrogens is 240 g/mol. The number of rotatable bonds is 3. The summed E-state index contributed by atoms with van der Waals surface area (Å²) < 4.78 is 0. The molecule has 0 amide bonds. The number of nitrogens with zero attached hydrogens (tertiary/aromatic N) is 2. The van der Waals surface area contributed by atoms with Crippen LogP contribution in [-0.2, 0) is 6.54 Å². The largest absolute Gasteiger partial charge is 0.297 e. The Hall–Kier alpha value is -0.120. The lowest BCUT2D eigenvalue weighted by atomic mass is 9.94. The SMILES string of the molecule is Cc1nc(CN2CCC(C(C)Cl)CC2)cs1. The summed E-state index contributed by atoms with van der Waals surface area (Å²) in [5.41, 5.74) is 1.22. The zero-order valence-corrected chi connectivity index (χ0v) is 11.5. The Balaban J connectivity index is 1.81. The smallest absolute Gasteiger partial charge is 0.0897 e. The summed E-state index contributed by atoms with van der Waals surface area (Å²) in [6, 6.07) is 0. The van der Waals surface area contributed by atoms with E-state index in [1.807, 2.05) is 0 Å². The van der Waals surface area contributed by atoms with E-state index < -0.39 is 0 Å². The molecule has 4 heteroatoms. The third-order valence-electron chi connectivity index (χ3n) is 3.33. The third-order valence-corrected chi connectivity index (χ3v) is 4.51. The van der Waals surface area contributed by atoms with Crippen LogP contribution in [0.1, 0.15) is 30.5 Å². The molecule has 1 aromatic rings. The molecule has 0 aromatic carbocycles. The van der Waals surface area contributed by atoms with E-state index in [0.29, 0.717) is 11.3 Å². The third kappa shape index (κ3) is 3.19. The van der Waals surface area contributed by atoms with Gasteiger partial charge in [-0.2, -0.15) is 0 Å². The van der Waals surface area contributed by atoms with Crippen LogP contribution in [-0.4, -0.2) is 28.4 Å². The summed E-state index contributed by atoms with van der Waals surface area (Å²) in [6.45, 7) is 7.52. The first-order chi connectivity index (χ1) is 7.65. The molecule has 0 N–H and O–H groups in total. The van der Waals surface area contributed by atoms with Crippen molar-refractivity contribution < 1.29 is 0 Å². The van der Waals surface area contributed by atoms with Gasteiger partial charge in [0.25, 0.3) is 0 Å². The highest BCUT2D eigenvalue weighted by Crippen LogP contribution is 2.24. The van der Waals surface area contributed by atoms with Gasteiger partial charge in [-0.15, -0.1) is 22.9 Å². The molecule has 0 saturated carbocycles. The van der Waals surface area contributed by atoms with Crippen LogP contribution in [0.5, 0.6) is 0 Å². The summed E-state index contributed by atoms with van der Waals surface area (Å²) >= 11 is 7.88. The van der Waals surface area contributed by atoms with E-state index in [-0.39, 0.29) is 0 Å². The van der Waals surface area contributed by atoms with Crippen molar-refractivity contribution in [2.45, 2.75) is 38.6 Å². The highest BCUT2D eigenvalue weighted by molar-refractivity contribution is 7.09. The van der Waals surface area contributed by atoms with Crippen LogP contribution in [0, 0.1) is 12.8 Å². The fraction of sp³-hybridized carbons (Fsp3) is 0.750. The van der Waals surface area contributed by atoms with Crippen LogP contribution >= 0.6 is 22.9 Å². The van der Waals surface area contributed by atoms with Gasteiger partial charge in [-0.25, -0.2) is 4.98 Å². The molecule has 1 aliphatic rings. The van der Waals surface area contributed by atoms with E-state index in [1.54, 1.807) is 11.3 Å². The van der Waals surface area contributed by atoms with Crippen molar-refractivity contribution >= 4 is 22.9 Å². The summed E-state index contributed by atoms with van der Waals surface area (Å²) in [5.74, 6) is 0.704. The van der Waals surface area contributed by atoms with Crippen molar-refractivity contribution in [3.63, 3.8) is 0 Å². The van der Waals surface area contributed by atoms with Crippen LogP contribution in [0.4, 0.5) is 0 Å². The quantitative estimate of drug-likeness (QED) is 0.774. The maximum atomic E-state index is 6.14. The Morgan fingerprint density at radius 2 is 2.25 bits per heavy atom. The second kappa shape index (κ2) is 5.48. The summed E-state index contributed by atoms with van der Waals surface area (Å²) in [6.07, 6.45) is 2.46. The molecule has 2 heterocycles. The molecule has 0 aliphatic carbocycles. The van der Waals surface area contributed by atoms with Gasteiger partial charge in [0.15, 0.2) is 0 Å². The fourth-order valence-corrected chi connectivity index (χ4v) is 3.14. The van der Waals surface area contributed by atoms with Crippen molar-refractivity contribution in [1.82, 2.24) is 9.88 Å². The summed E-state index contributed by atoms with van der Waals surface area (Å²) in [7, 11) is 0. The maximum Gasteiger partial charge on any atom is 0.0897 e. The van der Waals surface area contributed by atoms with Crippen molar-refractivity contribution in [3.8, 4) is 0 Å². The number of aryl methyl sites for hydroxylation is 1. The Bertz CT molecular complexity index is 330. The van der Waals surface area contributed by atoms with Crippen LogP contribution in [0.15, 0.2) is 5.38 Å². The highest BCUT2D eigenvalue weighted by Gasteiger charge is 2.22. The monoisotopic (exact) mass is 258 g/mol. The number of thiazole rings is 1. The Labute approximate surface area is 107 Å². The van der Waals surface area contributed by atoms with E-state index in [9.17, 15) is 0 Å². The summed E-state index contributed by atoms with van der Waals surface area (Å²) in [5, 5.41) is 3.66. The molecular formula is C12H19ClN2S. The van der Waals surface area contributed by atoms with Crippen LogP contribution < -0.4 is 0 Å². The maximum absolute atomic E-state index is 6.14. The zero-order chi connectivity index (χ0) is 11.5. The number of hydrogen-bond acceptors (Lipinski definition) is 3. The number of halogens is 1. The Morgan fingerprint density at radius 1 is 1.56 bits per heavy atom. The van der Waals surface area contributed by atoms with Gasteiger partial charge in [0, 0.05) is 17.3 Å². The van der Waals surface area contributed by atoms with E-state index in [1.165, 1.54) is 23.5 Å². The predicted molar refractivity (Wildman–Crippen MR) is 70.2 cm³/mol. The molecule has 0 radical (unpaired) electrons. The van der Waals surface area contributed by atoms with Crippen LogP contribution in [0.3, 0.4) is 0 Å². The molecule has 16 heavy (non-hydrogen) atoms. The van der Waals surface area contributed by atoms with Crippen molar-refractivity contribution in [2.24, 2.45) is 5.92 Å². The number of piperidine rings is 1. The lowest BCUT2D eigenvalue weighted by Crippen LogP contribution is -2.35. The van der Waals surface area contributed by atoms with Crippen molar-refractivity contribution in [1.29, 1.82) is 0 Å². The van der Waals surface area contributed by atoms with E-state index in [4.69, 9.17) is 11.6 Å². The first kappa shape index (κ1) is 12.3. The van der Waals surface area contributed by atoms with Gasteiger partial charge in [-0.1, -0.05) is 0 Å². The number of alkyl halides is 1. The van der Waals surface area contributed by atoms with Gasteiger partial charge in [-0.05, 0) is 45.7 Å². The molecule has 2 rings (SSSR count). The van der Waals surface area contributed by atoms with E-state index >= 15 is 0 Å². The first-order valence-corrected chi connectivity index (χ1v) is 7.24. The van der Waals surface area contributed by atoms with Gasteiger partial charge in [0.2, 0.25) is 0 Å². The molecule has 0 bridgehead atoms. The Morgan fingerprint density at radius 3 is 2.75 bits per heavy atom. The first-order valence-electron chi connectivity index (χ1n) is 5.92. The predicted octanol–water partition coefficient (Wildman–Crippen LogP) is 3.29. The van der Waals surface area contributed by atoms with Gasteiger partial charge < -0.3 is 0 Å². The van der Waals surface area contributed by atoms with Gasteiger partial charge in [0.1, 0.15) is 0 Å². The lowest BCUT2D eigenvalue weighted by Gasteiger charge is -2.32.